The van der Waals surface area contributed by atoms with E-state index in [-0.39, 0.29) is 5.91 Å². The lowest BCUT2D eigenvalue weighted by Crippen LogP contribution is -2.33. The zero-order valence-corrected chi connectivity index (χ0v) is 15.8. The number of hydrogen-bond acceptors (Lipinski definition) is 4. The van der Waals surface area contributed by atoms with E-state index in [1.54, 1.807) is 20.2 Å². The standard InChI is InChI=1S/C23H22N2O3/c1-17(23(26)25-24-16-18-7-6-10-22(15-18)27-2)28-21-13-11-20(12-14-21)19-8-4-3-5-9-19/h3-17H,1-2H3,(H,25,26)/b24-16+. The highest BCUT2D eigenvalue weighted by Gasteiger charge is 2.13. The van der Waals surface area contributed by atoms with E-state index >= 15 is 0 Å². The van der Waals surface area contributed by atoms with Crippen molar-refractivity contribution in [2.45, 2.75) is 13.0 Å². The molecule has 5 nitrogen and oxygen atoms in total. The van der Waals surface area contributed by atoms with Gasteiger partial charge >= 0.3 is 0 Å². The largest absolute Gasteiger partial charge is 0.497 e. The van der Waals surface area contributed by atoms with Crippen LogP contribution in [-0.4, -0.2) is 25.3 Å². The van der Waals surface area contributed by atoms with Crippen molar-refractivity contribution in [2.24, 2.45) is 5.10 Å². The molecule has 0 saturated heterocycles. The van der Waals surface area contributed by atoms with Crippen molar-refractivity contribution < 1.29 is 14.3 Å². The number of rotatable bonds is 7. The van der Waals surface area contributed by atoms with Crippen LogP contribution in [0.25, 0.3) is 11.1 Å². The fourth-order valence-electron chi connectivity index (χ4n) is 2.60. The molecule has 3 aromatic rings. The minimum atomic E-state index is -0.676. The topological polar surface area (TPSA) is 59.9 Å². The van der Waals surface area contributed by atoms with Crippen LogP contribution in [0.4, 0.5) is 0 Å². The number of ether oxygens (including phenoxy) is 2. The van der Waals surface area contributed by atoms with Gasteiger partial charge in [0, 0.05) is 0 Å². The third kappa shape index (κ3) is 5.20. The van der Waals surface area contributed by atoms with Gasteiger partial charge in [-0.25, -0.2) is 5.43 Å². The van der Waals surface area contributed by atoms with Crippen molar-refractivity contribution in [3.63, 3.8) is 0 Å². The van der Waals surface area contributed by atoms with E-state index in [1.807, 2.05) is 78.9 Å². The molecule has 0 aliphatic carbocycles. The molecule has 0 aliphatic rings. The number of nitrogens with zero attached hydrogens (tertiary/aromatic N) is 1. The van der Waals surface area contributed by atoms with Gasteiger partial charge in [-0.1, -0.05) is 54.6 Å². The average Bonchev–Trinajstić information content (AvgIpc) is 2.75. The maximum absolute atomic E-state index is 12.2. The van der Waals surface area contributed by atoms with Crippen LogP contribution < -0.4 is 14.9 Å². The summed E-state index contributed by atoms with van der Waals surface area (Å²) in [6.45, 7) is 1.68. The second-order valence-electron chi connectivity index (χ2n) is 6.16. The number of amides is 1. The molecule has 0 spiro atoms. The molecule has 28 heavy (non-hydrogen) atoms. The Kier molecular flexibility index (Phi) is 6.41. The molecule has 0 radical (unpaired) electrons. The fourth-order valence-corrected chi connectivity index (χ4v) is 2.60. The molecular formula is C23H22N2O3. The van der Waals surface area contributed by atoms with E-state index in [0.29, 0.717) is 5.75 Å². The van der Waals surface area contributed by atoms with Crippen molar-refractivity contribution in [1.82, 2.24) is 5.43 Å². The smallest absolute Gasteiger partial charge is 0.280 e. The summed E-state index contributed by atoms with van der Waals surface area (Å²) >= 11 is 0. The van der Waals surface area contributed by atoms with E-state index in [4.69, 9.17) is 9.47 Å². The molecule has 1 atom stereocenters. The third-order valence-corrected chi connectivity index (χ3v) is 4.13. The molecule has 0 aliphatic heterocycles. The first-order chi connectivity index (χ1) is 13.7. The lowest BCUT2D eigenvalue weighted by molar-refractivity contribution is -0.127. The summed E-state index contributed by atoms with van der Waals surface area (Å²) in [5.74, 6) is 1.02. The first kappa shape index (κ1) is 19.2. The second-order valence-corrected chi connectivity index (χ2v) is 6.16. The molecule has 0 saturated carbocycles. The van der Waals surface area contributed by atoms with Crippen molar-refractivity contribution >= 4 is 12.1 Å². The monoisotopic (exact) mass is 374 g/mol. The first-order valence-electron chi connectivity index (χ1n) is 8.95. The molecule has 3 aromatic carbocycles. The van der Waals surface area contributed by atoms with E-state index in [2.05, 4.69) is 10.5 Å². The Morgan fingerprint density at radius 1 is 0.929 bits per heavy atom. The molecule has 3 rings (SSSR count). The number of benzene rings is 3. The average molecular weight is 374 g/mol. The Hall–Kier alpha value is -3.60. The Morgan fingerprint density at radius 2 is 1.64 bits per heavy atom. The second kappa shape index (κ2) is 9.37. The minimum Gasteiger partial charge on any atom is -0.497 e. The van der Waals surface area contributed by atoms with Gasteiger partial charge in [0.05, 0.1) is 13.3 Å². The predicted octanol–water partition coefficient (Wildman–Crippen LogP) is 4.28. The van der Waals surface area contributed by atoms with Gasteiger partial charge in [0.1, 0.15) is 11.5 Å². The molecule has 0 bridgehead atoms. The summed E-state index contributed by atoms with van der Waals surface area (Å²) in [6, 6.07) is 25.1. The zero-order chi connectivity index (χ0) is 19.8. The highest BCUT2D eigenvalue weighted by molar-refractivity contribution is 5.84. The number of hydrazone groups is 1. The van der Waals surface area contributed by atoms with Crippen LogP contribution in [0.3, 0.4) is 0 Å². The Balaban J connectivity index is 1.54. The predicted molar refractivity (Wildman–Crippen MR) is 111 cm³/mol. The van der Waals surface area contributed by atoms with Crippen LogP contribution in [0.1, 0.15) is 12.5 Å². The highest BCUT2D eigenvalue weighted by Crippen LogP contribution is 2.22. The molecule has 1 N–H and O–H groups in total. The van der Waals surface area contributed by atoms with E-state index < -0.39 is 6.10 Å². The number of nitrogens with one attached hydrogen (secondary N) is 1. The maximum Gasteiger partial charge on any atom is 0.280 e. The third-order valence-electron chi connectivity index (χ3n) is 4.13. The van der Waals surface area contributed by atoms with E-state index in [9.17, 15) is 4.79 Å². The molecular weight excluding hydrogens is 352 g/mol. The van der Waals surface area contributed by atoms with Gasteiger partial charge in [-0.2, -0.15) is 5.10 Å². The zero-order valence-electron chi connectivity index (χ0n) is 15.8. The molecule has 142 valence electrons. The first-order valence-corrected chi connectivity index (χ1v) is 8.95. The van der Waals surface area contributed by atoms with Crippen LogP contribution >= 0.6 is 0 Å². The summed E-state index contributed by atoms with van der Waals surface area (Å²) in [5.41, 5.74) is 5.54. The summed E-state index contributed by atoms with van der Waals surface area (Å²) in [7, 11) is 1.60. The van der Waals surface area contributed by atoms with Crippen LogP contribution in [0.15, 0.2) is 84.0 Å². The number of carbonyl (C=O) groups is 1. The van der Waals surface area contributed by atoms with Crippen molar-refractivity contribution in [3.05, 3.63) is 84.4 Å². The van der Waals surface area contributed by atoms with Crippen molar-refractivity contribution in [3.8, 4) is 22.6 Å². The Labute approximate surface area is 164 Å². The lowest BCUT2D eigenvalue weighted by Gasteiger charge is -2.13. The number of carbonyl (C=O) groups excluding carboxylic acids is 1. The highest BCUT2D eigenvalue weighted by atomic mass is 16.5. The van der Waals surface area contributed by atoms with Gasteiger partial charge in [-0.3, -0.25) is 4.79 Å². The summed E-state index contributed by atoms with van der Waals surface area (Å²) in [4.78, 5) is 12.2. The van der Waals surface area contributed by atoms with Crippen LogP contribution in [0.5, 0.6) is 11.5 Å². The van der Waals surface area contributed by atoms with E-state index in [0.717, 1.165) is 22.4 Å². The van der Waals surface area contributed by atoms with Crippen LogP contribution in [-0.2, 0) is 4.79 Å². The van der Waals surface area contributed by atoms with E-state index in [1.165, 1.54) is 0 Å². The SMILES string of the molecule is COc1cccc(/C=N/NC(=O)C(C)Oc2ccc(-c3ccccc3)cc2)c1. The van der Waals surface area contributed by atoms with Crippen molar-refractivity contribution in [2.75, 3.05) is 7.11 Å². The minimum absolute atomic E-state index is 0.328. The fraction of sp³-hybridized carbons (Fsp3) is 0.130. The van der Waals surface area contributed by atoms with Gasteiger partial charge < -0.3 is 9.47 Å². The van der Waals surface area contributed by atoms with Gasteiger partial charge in [-0.05, 0) is 47.9 Å². The van der Waals surface area contributed by atoms with Gasteiger partial charge in [0.2, 0.25) is 0 Å². The quantitative estimate of drug-likeness (QED) is 0.496. The molecule has 0 fully saturated rings. The molecule has 0 heterocycles. The van der Waals surface area contributed by atoms with Gasteiger partial charge in [0.15, 0.2) is 6.10 Å². The maximum atomic E-state index is 12.2. The molecule has 5 heteroatoms. The lowest BCUT2D eigenvalue weighted by atomic mass is 10.1. The number of hydrogen-bond donors (Lipinski definition) is 1. The number of methoxy groups -OCH3 is 1. The normalized spacial score (nSPS) is 11.8. The van der Waals surface area contributed by atoms with Crippen molar-refractivity contribution in [1.29, 1.82) is 0 Å². The summed E-state index contributed by atoms with van der Waals surface area (Å²) in [6.07, 6.45) is 0.881. The Bertz CT molecular complexity index is 938. The van der Waals surface area contributed by atoms with Gasteiger partial charge in [0.25, 0.3) is 5.91 Å². The molecule has 0 aromatic heterocycles. The molecule has 1 unspecified atom stereocenters. The summed E-state index contributed by atoms with van der Waals surface area (Å²) < 4.78 is 10.9. The van der Waals surface area contributed by atoms with Gasteiger partial charge in [-0.15, -0.1) is 0 Å². The summed E-state index contributed by atoms with van der Waals surface area (Å²) in [5, 5.41) is 3.97. The Morgan fingerprint density at radius 3 is 2.36 bits per heavy atom. The van der Waals surface area contributed by atoms with Crippen LogP contribution in [0.2, 0.25) is 0 Å². The van der Waals surface area contributed by atoms with Crippen LogP contribution in [0, 0.1) is 0 Å². The molecule has 1 amide bonds.